The summed E-state index contributed by atoms with van der Waals surface area (Å²) < 4.78 is 10.8. The number of hydrogen-bond acceptors (Lipinski definition) is 3. The Morgan fingerprint density at radius 1 is 1.35 bits per heavy atom. The molecule has 0 saturated heterocycles. The molecule has 3 nitrogen and oxygen atoms in total. The third-order valence-electron chi connectivity index (χ3n) is 3.26. The van der Waals surface area contributed by atoms with E-state index < -0.39 is 0 Å². The van der Waals surface area contributed by atoms with Crippen LogP contribution in [0.25, 0.3) is 0 Å². The van der Waals surface area contributed by atoms with Gasteiger partial charge in [0, 0.05) is 17.7 Å². The van der Waals surface area contributed by atoms with Crippen LogP contribution in [-0.2, 0) is 4.74 Å². The molecule has 0 amide bonds. The van der Waals surface area contributed by atoms with Gasteiger partial charge in [-0.1, -0.05) is 11.6 Å². The van der Waals surface area contributed by atoms with Gasteiger partial charge in [-0.2, -0.15) is 0 Å². The fraction of sp³-hybridized carbons (Fsp3) is 0.538. The van der Waals surface area contributed by atoms with Gasteiger partial charge >= 0.3 is 0 Å². The third kappa shape index (κ3) is 2.73. The molecule has 2 N–H and O–H groups in total. The molecular weight excluding hydrogens is 238 g/mol. The first kappa shape index (κ1) is 12.7. The van der Waals surface area contributed by atoms with E-state index in [1.54, 1.807) is 20.3 Å². The zero-order valence-electron chi connectivity index (χ0n) is 10.2. The summed E-state index contributed by atoms with van der Waals surface area (Å²) in [4.78, 5) is 0. The molecule has 1 aromatic rings. The van der Waals surface area contributed by atoms with Gasteiger partial charge in [0.1, 0.15) is 5.75 Å². The summed E-state index contributed by atoms with van der Waals surface area (Å²) in [5, 5.41) is 0.668. The molecule has 0 spiro atoms. The van der Waals surface area contributed by atoms with Crippen molar-refractivity contribution in [3.63, 3.8) is 0 Å². The molecule has 2 unspecified atom stereocenters. The van der Waals surface area contributed by atoms with Crippen molar-refractivity contribution in [1.82, 2.24) is 0 Å². The van der Waals surface area contributed by atoms with Crippen LogP contribution in [0.3, 0.4) is 0 Å². The fourth-order valence-corrected chi connectivity index (χ4v) is 2.38. The molecule has 17 heavy (non-hydrogen) atoms. The van der Waals surface area contributed by atoms with Crippen LogP contribution in [0.4, 0.5) is 0 Å². The van der Waals surface area contributed by atoms with Crippen molar-refractivity contribution in [2.45, 2.75) is 25.0 Å². The molecule has 0 radical (unpaired) electrons. The molecule has 4 heteroatoms. The molecule has 2 rings (SSSR count). The summed E-state index contributed by atoms with van der Waals surface area (Å²) in [5.41, 5.74) is 7.19. The fourth-order valence-electron chi connectivity index (χ4n) is 2.20. The maximum atomic E-state index is 6.27. The standard InChI is InChI=1S/C13H18ClNO2/c1-16-11-6-5-9(14)7-10(11)12(15)13(17-2)8-3-4-8/h5-8,12-13H,3-4,15H2,1-2H3. The van der Waals surface area contributed by atoms with Crippen molar-refractivity contribution in [3.8, 4) is 5.75 Å². The Morgan fingerprint density at radius 3 is 2.59 bits per heavy atom. The zero-order chi connectivity index (χ0) is 12.4. The van der Waals surface area contributed by atoms with Crippen LogP contribution in [0.2, 0.25) is 5.02 Å². The van der Waals surface area contributed by atoms with Gasteiger partial charge in [0.15, 0.2) is 0 Å². The second-order valence-corrected chi connectivity index (χ2v) is 4.89. The zero-order valence-corrected chi connectivity index (χ0v) is 10.9. The van der Waals surface area contributed by atoms with Crippen molar-refractivity contribution >= 4 is 11.6 Å². The van der Waals surface area contributed by atoms with Gasteiger partial charge in [0.2, 0.25) is 0 Å². The molecule has 1 aromatic carbocycles. The third-order valence-corrected chi connectivity index (χ3v) is 3.50. The predicted octanol–water partition coefficient (Wildman–Crippen LogP) is 2.77. The number of benzene rings is 1. The highest BCUT2D eigenvalue weighted by Gasteiger charge is 2.36. The van der Waals surface area contributed by atoms with Gasteiger partial charge < -0.3 is 15.2 Å². The molecular formula is C13H18ClNO2. The Bertz CT molecular complexity index is 393. The Balaban J connectivity index is 2.27. The average Bonchev–Trinajstić information content (AvgIpc) is 3.14. The molecule has 1 fully saturated rings. The average molecular weight is 256 g/mol. The Labute approximate surface area is 107 Å². The van der Waals surface area contributed by atoms with Crippen molar-refractivity contribution < 1.29 is 9.47 Å². The number of halogens is 1. The van der Waals surface area contributed by atoms with Gasteiger partial charge in [0.05, 0.1) is 19.3 Å². The minimum absolute atomic E-state index is 0.0439. The summed E-state index contributed by atoms with van der Waals surface area (Å²) >= 11 is 6.01. The molecule has 1 saturated carbocycles. The van der Waals surface area contributed by atoms with E-state index in [-0.39, 0.29) is 12.1 Å². The minimum atomic E-state index is -0.193. The topological polar surface area (TPSA) is 44.5 Å². The summed E-state index contributed by atoms with van der Waals surface area (Å²) in [7, 11) is 3.35. The molecule has 0 aliphatic heterocycles. The number of nitrogens with two attached hydrogens (primary N) is 1. The molecule has 0 aromatic heterocycles. The normalized spacial score (nSPS) is 18.8. The van der Waals surface area contributed by atoms with E-state index in [9.17, 15) is 0 Å². The van der Waals surface area contributed by atoms with E-state index >= 15 is 0 Å². The second-order valence-electron chi connectivity index (χ2n) is 4.45. The van der Waals surface area contributed by atoms with Crippen LogP contribution < -0.4 is 10.5 Å². The van der Waals surface area contributed by atoms with E-state index in [1.807, 2.05) is 12.1 Å². The number of ether oxygens (including phenoxy) is 2. The first-order chi connectivity index (χ1) is 8.17. The predicted molar refractivity (Wildman–Crippen MR) is 68.5 cm³/mol. The maximum Gasteiger partial charge on any atom is 0.123 e. The molecule has 1 aliphatic carbocycles. The quantitative estimate of drug-likeness (QED) is 0.880. The first-order valence-corrected chi connectivity index (χ1v) is 6.17. The van der Waals surface area contributed by atoms with Crippen LogP contribution in [0, 0.1) is 5.92 Å². The Kier molecular flexibility index (Phi) is 3.92. The molecule has 0 bridgehead atoms. The largest absolute Gasteiger partial charge is 0.496 e. The van der Waals surface area contributed by atoms with E-state index in [1.165, 1.54) is 12.8 Å². The van der Waals surface area contributed by atoms with Crippen molar-refractivity contribution in [3.05, 3.63) is 28.8 Å². The monoisotopic (exact) mass is 255 g/mol. The van der Waals surface area contributed by atoms with Gasteiger partial charge in [-0.15, -0.1) is 0 Å². The van der Waals surface area contributed by atoms with Crippen molar-refractivity contribution in [2.24, 2.45) is 11.7 Å². The summed E-state index contributed by atoms with van der Waals surface area (Å²) in [6, 6.07) is 5.31. The summed E-state index contributed by atoms with van der Waals surface area (Å²) in [5.74, 6) is 1.34. The Morgan fingerprint density at radius 2 is 2.06 bits per heavy atom. The molecule has 0 heterocycles. The lowest BCUT2D eigenvalue weighted by Crippen LogP contribution is -2.30. The summed E-state index contributed by atoms with van der Waals surface area (Å²) in [6.45, 7) is 0. The number of methoxy groups -OCH3 is 2. The maximum absolute atomic E-state index is 6.27. The van der Waals surface area contributed by atoms with E-state index in [0.29, 0.717) is 10.9 Å². The van der Waals surface area contributed by atoms with Gasteiger partial charge in [-0.3, -0.25) is 0 Å². The molecule has 94 valence electrons. The van der Waals surface area contributed by atoms with Crippen LogP contribution in [0.1, 0.15) is 24.4 Å². The first-order valence-electron chi connectivity index (χ1n) is 5.79. The van der Waals surface area contributed by atoms with Crippen LogP contribution >= 0.6 is 11.6 Å². The smallest absolute Gasteiger partial charge is 0.123 e. The van der Waals surface area contributed by atoms with Gasteiger partial charge in [-0.05, 0) is 37.0 Å². The van der Waals surface area contributed by atoms with Crippen LogP contribution in [0.5, 0.6) is 5.75 Å². The van der Waals surface area contributed by atoms with Crippen molar-refractivity contribution in [1.29, 1.82) is 0 Å². The second kappa shape index (κ2) is 5.25. The van der Waals surface area contributed by atoms with Crippen LogP contribution in [-0.4, -0.2) is 20.3 Å². The highest BCUT2D eigenvalue weighted by Crippen LogP contribution is 2.41. The van der Waals surface area contributed by atoms with E-state index in [4.69, 9.17) is 26.8 Å². The van der Waals surface area contributed by atoms with Gasteiger partial charge in [-0.25, -0.2) is 0 Å². The number of rotatable bonds is 5. The van der Waals surface area contributed by atoms with E-state index in [0.717, 1.165) is 11.3 Å². The highest BCUT2D eigenvalue weighted by atomic mass is 35.5. The SMILES string of the molecule is COc1ccc(Cl)cc1C(N)C(OC)C1CC1. The minimum Gasteiger partial charge on any atom is -0.496 e. The van der Waals surface area contributed by atoms with Gasteiger partial charge in [0.25, 0.3) is 0 Å². The lowest BCUT2D eigenvalue weighted by Gasteiger charge is -2.24. The summed E-state index contributed by atoms with van der Waals surface area (Å²) in [6.07, 6.45) is 2.42. The molecule has 1 aliphatic rings. The molecule has 2 atom stereocenters. The highest BCUT2D eigenvalue weighted by molar-refractivity contribution is 6.30. The van der Waals surface area contributed by atoms with Crippen molar-refractivity contribution in [2.75, 3.05) is 14.2 Å². The lowest BCUT2D eigenvalue weighted by atomic mass is 9.98. The van der Waals surface area contributed by atoms with Crippen LogP contribution in [0.15, 0.2) is 18.2 Å². The Hall–Kier alpha value is -0.770. The number of hydrogen-bond donors (Lipinski definition) is 1. The van der Waals surface area contributed by atoms with E-state index in [2.05, 4.69) is 0 Å². The lowest BCUT2D eigenvalue weighted by molar-refractivity contribution is 0.0617.